The van der Waals surface area contributed by atoms with Crippen LogP contribution < -0.4 is 4.74 Å². The molecule has 0 fully saturated rings. The summed E-state index contributed by atoms with van der Waals surface area (Å²) in [5, 5.41) is 1.06. The van der Waals surface area contributed by atoms with Crippen LogP contribution in [0, 0.1) is 6.92 Å². The van der Waals surface area contributed by atoms with Crippen LogP contribution in [-0.4, -0.2) is 9.97 Å². The van der Waals surface area contributed by atoms with Gasteiger partial charge in [0, 0.05) is 28.5 Å². The van der Waals surface area contributed by atoms with Crippen molar-refractivity contribution in [1.82, 2.24) is 9.97 Å². The number of hydrogen-bond donors (Lipinski definition) is 0. The van der Waals surface area contributed by atoms with Crippen LogP contribution in [0.25, 0.3) is 11.3 Å². The summed E-state index contributed by atoms with van der Waals surface area (Å²) in [6, 6.07) is 14.7. The van der Waals surface area contributed by atoms with Crippen LogP contribution in [0.3, 0.4) is 0 Å². The van der Waals surface area contributed by atoms with Crippen LogP contribution >= 0.6 is 23.2 Å². The first-order valence-electron chi connectivity index (χ1n) is 6.65. The van der Waals surface area contributed by atoms with Crippen molar-refractivity contribution in [2.24, 2.45) is 0 Å². The highest BCUT2D eigenvalue weighted by molar-refractivity contribution is 6.30. The summed E-state index contributed by atoms with van der Waals surface area (Å²) in [4.78, 5) is 8.52. The molecule has 1 aromatic carbocycles. The molecular formula is C17H12Cl2N2O. The van der Waals surface area contributed by atoms with Crippen molar-refractivity contribution in [2.45, 2.75) is 6.92 Å². The fourth-order valence-corrected chi connectivity index (χ4v) is 2.31. The summed E-state index contributed by atoms with van der Waals surface area (Å²) in [5.74, 6) is 1.26. The molecule has 0 aliphatic carbocycles. The van der Waals surface area contributed by atoms with Gasteiger partial charge < -0.3 is 4.74 Å². The lowest BCUT2D eigenvalue weighted by atomic mass is 10.1. The van der Waals surface area contributed by atoms with E-state index in [4.69, 9.17) is 27.9 Å². The maximum absolute atomic E-state index is 5.94. The highest BCUT2D eigenvalue weighted by Gasteiger charge is 2.10. The topological polar surface area (TPSA) is 35.0 Å². The molecule has 0 aliphatic heterocycles. The zero-order valence-electron chi connectivity index (χ0n) is 11.8. The predicted molar refractivity (Wildman–Crippen MR) is 88.7 cm³/mol. The Hall–Kier alpha value is -2.10. The van der Waals surface area contributed by atoms with Gasteiger partial charge in [0.15, 0.2) is 5.75 Å². The van der Waals surface area contributed by atoms with Crippen molar-refractivity contribution in [3.05, 3.63) is 70.6 Å². The molecule has 0 N–H and O–H groups in total. The summed E-state index contributed by atoms with van der Waals surface area (Å²) in [5.41, 5.74) is 2.60. The molecule has 3 nitrogen and oxygen atoms in total. The average molecular weight is 331 g/mol. The van der Waals surface area contributed by atoms with E-state index in [1.165, 1.54) is 0 Å². The molecule has 3 aromatic rings. The maximum atomic E-state index is 5.94. The Morgan fingerprint density at radius 1 is 0.955 bits per heavy atom. The second kappa shape index (κ2) is 6.34. The van der Waals surface area contributed by atoms with E-state index in [1.54, 1.807) is 18.3 Å². The normalized spacial score (nSPS) is 10.5. The van der Waals surface area contributed by atoms with Crippen molar-refractivity contribution >= 4 is 23.2 Å². The fraction of sp³-hybridized carbons (Fsp3) is 0.0588. The molecule has 22 heavy (non-hydrogen) atoms. The van der Waals surface area contributed by atoms with Gasteiger partial charge in [0.25, 0.3) is 0 Å². The second-order valence-corrected chi connectivity index (χ2v) is 5.55. The van der Waals surface area contributed by atoms with E-state index >= 15 is 0 Å². The van der Waals surface area contributed by atoms with E-state index in [1.807, 2.05) is 43.3 Å². The van der Waals surface area contributed by atoms with Gasteiger partial charge in [0.1, 0.15) is 16.6 Å². The van der Waals surface area contributed by atoms with Crippen LogP contribution in [0.15, 0.2) is 54.7 Å². The number of nitrogens with zero attached hydrogens (tertiary/aromatic N) is 2. The zero-order valence-corrected chi connectivity index (χ0v) is 13.3. The van der Waals surface area contributed by atoms with Gasteiger partial charge in [-0.2, -0.15) is 0 Å². The van der Waals surface area contributed by atoms with Crippen LogP contribution in [0.2, 0.25) is 10.2 Å². The predicted octanol–water partition coefficient (Wildman–Crippen LogP) is 5.55. The quantitative estimate of drug-likeness (QED) is 0.590. The molecule has 0 atom stereocenters. The number of benzene rings is 1. The van der Waals surface area contributed by atoms with E-state index in [0.717, 1.165) is 17.0 Å². The van der Waals surface area contributed by atoms with E-state index in [-0.39, 0.29) is 0 Å². The van der Waals surface area contributed by atoms with Crippen LogP contribution in [0.1, 0.15) is 5.69 Å². The Morgan fingerprint density at radius 3 is 2.45 bits per heavy atom. The SMILES string of the molecule is Cc1ccc(Oc2ccnc(Cl)c2)c(-c2ccc(Cl)cc2)n1. The van der Waals surface area contributed by atoms with Crippen molar-refractivity contribution in [3.63, 3.8) is 0 Å². The molecule has 0 radical (unpaired) electrons. The number of halogens is 2. The number of aromatic nitrogens is 2. The number of pyridine rings is 2. The summed E-state index contributed by atoms with van der Waals surface area (Å²) in [7, 11) is 0. The first kappa shape index (κ1) is 14.8. The van der Waals surface area contributed by atoms with Gasteiger partial charge in [-0.3, -0.25) is 0 Å². The molecule has 2 heterocycles. The molecule has 110 valence electrons. The lowest BCUT2D eigenvalue weighted by Crippen LogP contribution is -1.93. The van der Waals surface area contributed by atoms with Crippen molar-refractivity contribution in [2.75, 3.05) is 0 Å². The highest BCUT2D eigenvalue weighted by atomic mass is 35.5. The Labute approximate surface area is 138 Å². The summed E-state index contributed by atoms with van der Waals surface area (Å²) < 4.78 is 5.91. The van der Waals surface area contributed by atoms with E-state index < -0.39 is 0 Å². The highest BCUT2D eigenvalue weighted by Crippen LogP contribution is 2.33. The molecular weight excluding hydrogens is 319 g/mol. The minimum atomic E-state index is 0.380. The van der Waals surface area contributed by atoms with Crippen LogP contribution in [-0.2, 0) is 0 Å². The molecule has 0 unspecified atom stereocenters. The average Bonchev–Trinajstić information content (AvgIpc) is 2.50. The Balaban J connectivity index is 2.02. The van der Waals surface area contributed by atoms with E-state index in [2.05, 4.69) is 9.97 Å². The van der Waals surface area contributed by atoms with Gasteiger partial charge in [0.2, 0.25) is 0 Å². The second-order valence-electron chi connectivity index (χ2n) is 4.72. The molecule has 2 aromatic heterocycles. The van der Waals surface area contributed by atoms with Crippen molar-refractivity contribution < 1.29 is 4.74 Å². The molecule has 0 aliphatic rings. The first-order valence-corrected chi connectivity index (χ1v) is 7.40. The van der Waals surface area contributed by atoms with Gasteiger partial charge in [-0.15, -0.1) is 0 Å². The molecule has 0 saturated heterocycles. The molecule has 0 amide bonds. The van der Waals surface area contributed by atoms with Gasteiger partial charge >= 0.3 is 0 Å². The number of aryl methyl sites for hydroxylation is 1. The lowest BCUT2D eigenvalue weighted by molar-refractivity contribution is 0.481. The smallest absolute Gasteiger partial charge is 0.153 e. The molecule has 3 rings (SSSR count). The minimum absolute atomic E-state index is 0.380. The van der Waals surface area contributed by atoms with Crippen molar-refractivity contribution in [1.29, 1.82) is 0 Å². The van der Waals surface area contributed by atoms with Gasteiger partial charge in [-0.25, -0.2) is 9.97 Å². The minimum Gasteiger partial charge on any atom is -0.455 e. The number of ether oxygens (including phenoxy) is 1. The zero-order chi connectivity index (χ0) is 15.5. The van der Waals surface area contributed by atoms with Gasteiger partial charge in [-0.1, -0.05) is 35.3 Å². The summed E-state index contributed by atoms with van der Waals surface area (Å²) in [6.45, 7) is 1.94. The van der Waals surface area contributed by atoms with Crippen LogP contribution in [0.4, 0.5) is 0 Å². The Bertz CT molecular complexity index is 804. The third-order valence-electron chi connectivity index (χ3n) is 3.04. The largest absolute Gasteiger partial charge is 0.455 e. The van der Waals surface area contributed by atoms with Crippen molar-refractivity contribution in [3.8, 4) is 22.8 Å². The third kappa shape index (κ3) is 3.38. The number of hydrogen-bond acceptors (Lipinski definition) is 3. The monoisotopic (exact) mass is 330 g/mol. The fourth-order valence-electron chi connectivity index (χ4n) is 2.02. The van der Waals surface area contributed by atoms with E-state index in [9.17, 15) is 0 Å². The summed E-state index contributed by atoms with van der Waals surface area (Å²) in [6.07, 6.45) is 1.60. The maximum Gasteiger partial charge on any atom is 0.153 e. The standard InChI is InChI=1S/C17H12Cl2N2O/c1-11-2-7-15(22-14-8-9-20-16(19)10-14)17(21-11)12-3-5-13(18)6-4-12/h2-10H,1H3. The first-order chi connectivity index (χ1) is 10.6. The lowest BCUT2D eigenvalue weighted by Gasteiger charge is -2.11. The third-order valence-corrected chi connectivity index (χ3v) is 3.50. The molecule has 5 heteroatoms. The number of rotatable bonds is 3. The molecule has 0 bridgehead atoms. The van der Waals surface area contributed by atoms with E-state index in [0.29, 0.717) is 21.7 Å². The Kier molecular flexibility index (Phi) is 4.27. The van der Waals surface area contributed by atoms with Gasteiger partial charge in [0.05, 0.1) is 0 Å². The summed E-state index contributed by atoms with van der Waals surface area (Å²) >= 11 is 11.8. The molecule has 0 spiro atoms. The van der Waals surface area contributed by atoms with Gasteiger partial charge in [-0.05, 0) is 37.3 Å². The molecule has 0 saturated carbocycles. The Morgan fingerprint density at radius 2 is 1.73 bits per heavy atom. The van der Waals surface area contributed by atoms with Crippen LogP contribution in [0.5, 0.6) is 11.5 Å².